The lowest BCUT2D eigenvalue weighted by Crippen LogP contribution is -2.38. The molecule has 0 bridgehead atoms. The molecule has 3 rings (SSSR count). The molecule has 2 aromatic rings. The van der Waals surface area contributed by atoms with Crippen LogP contribution in [-0.2, 0) is 13.0 Å². The Hall–Kier alpha value is -0.940. The molecule has 28 heavy (non-hydrogen) atoms. The first-order valence-corrected chi connectivity index (χ1v) is 11.6. The Kier molecular flexibility index (Phi) is 9.93. The first kappa shape index (κ1) is 23.3. The molecule has 0 atom stereocenters. The zero-order valence-corrected chi connectivity index (χ0v) is 20.9. The third-order valence-corrected chi connectivity index (χ3v) is 6.27. The standard InChI is InChI=1S/C19H30N6S2.HI/c1-4-20-18(22-11-17-24-16(13-26-17)14(2)3)21-8-7-15-12-27-19(23-15)25-9-5-6-10-25;/h12-14H,4-11H2,1-3H3,(H2,20,21,22);1H. The van der Waals surface area contributed by atoms with Crippen LogP contribution < -0.4 is 15.5 Å². The van der Waals surface area contributed by atoms with Crippen molar-refractivity contribution in [2.45, 2.75) is 52.5 Å². The summed E-state index contributed by atoms with van der Waals surface area (Å²) in [6.07, 6.45) is 3.48. The number of nitrogens with zero attached hydrogens (tertiary/aromatic N) is 4. The Morgan fingerprint density at radius 2 is 1.96 bits per heavy atom. The van der Waals surface area contributed by atoms with E-state index in [-0.39, 0.29) is 24.0 Å². The number of rotatable bonds is 8. The van der Waals surface area contributed by atoms with Crippen LogP contribution in [0.5, 0.6) is 0 Å². The van der Waals surface area contributed by atoms with E-state index in [0.717, 1.165) is 55.0 Å². The van der Waals surface area contributed by atoms with Gasteiger partial charge >= 0.3 is 0 Å². The van der Waals surface area contributed by atoms with Gasteiger partial charge in [0.1, 0.15) is 5.01 Å². The number of thiazole rings is 2. The number of nitrogens with one attached hydrogen (secondary N) is 2. The summed E-state index contributed by atoms with van der Waals surface area (Å²) in [5.74, 6) is 1.31. The van der Waals surface area contributed by atoms with Gasteiger partial charge in [-0.05, 0) is 25.7 Å². The van der Waals surface area contributed by atoms with Crippen LogP contribution in [0.4, 0.5) is 5.13 Å². The normalized spacial score (nSPS) is 14.4. The summed E-state index contributed by atoms with van der Waals surface area (Å²) in [6, 6.07) is 0. The fraction of sp³-hybridized carbons (Fsp3) is 0.632. The van der Waals surface area contributed by atoms with Crippen LogP contribution in [0.2, 0.25) is 0 Å². The third-order valence-electron chi connectivity index (χ3n) is 4.47. The van der Waals surface area contributed by atoms with Crippen LogP contribution in [-0.4, -0.2) is 42.1 Å². The quantitative estimate of drug-likeness (QED) is 0.302. The summed E-state index contributed by atoms with van der Waals surface area (Å²) < 4.78 is 0. The number of aliphatic imine (C=N–C) groups is 1. The van der Waals surface area contributed by atoms with Crippen molar-refractivity contribution in [3.8, 4) is 0 Å². The highest BCUT2D eigenvalue weighted by atomic mass is 127. The highest BCUT2D eigenvalue weighted by molar-refractivity contribution is 14.0. The van der Waals surface area contributed by atoms with E-state index in [1.807, 2.05) is 0 Å². The van der Waals surface area contributed by atoms with E-state index in [1.54, 1.807) is 22.7 Å². The molecule has 0 aliphatic carbocycles. The zero-order valence-electron chi connectivity index (χ0n) is 16.9. The van der Waals surface area contributed by atoms with Gasteiger partial charge in [-0.1, -0.05) is 13.8 Å². The number of halogens is 1. The minimum absolute atomic E-state index is 0. The Labute approximate surface area is 193 Å². The smallest absolute Gasteiger partial charge is 0.191 e. The second-order valence-electron chi connectivity index (χ2n) is 7.01. The largest absolute Gasteiger partial charge is 0.357 e. The van der Waals surface area contributed by atoms with Gasteiger partial charge in [0.05, 0.1) is 17.9 Å². The van der Waals surface area contributed by atoms with E-state index in [0.29, 0.717) is 12.5 Å². The molecule has 2 N–H and O–H groups in total. The average Bonchev–Trinajstić information content (AvgIpc) is 3.39. The van der Waals surface area contributed by atoms with Crippen LogP contribution in [0, 0.1) is 0 Å². The van der Waals surface area contributed by atoms with Gasteiger partial charge < -0.3 is 15.5 Å². The van der Waals surface area contributed by atoms with E-state index in [9.17, 15) is 0 Å². The van der Waals surface area contributed by atoms with Crippen molar-refractivity contribution in [3.63, 3.8) is 0 Å². The third kappa shape index (κ3) is 6.84. The molecule has 156 valence electrons. The maximum atomic E-state index is 4.78. The molecule has 0 amide bonds. The Morgan fingerprint density at radius 3 is 2.64 bits per heavy atom. The van der Waals surface area contributed by atoms with Crippen molar-refractivity contribution in [2.75, 3.05) is 31.1 Å². The Balaban J connectivity index is 0.00000280. The minimum Gasteiger partial charge on any atom is -0.357 e. The summed E-state index contributed by atoms with van der Waals surface area (Å²) in [5.41, 5.74) is 2.31. The maximum Gasteiger partial charge on any atom is 0.191 e. The van der Waals surface area contributed by atoms with E-state index in [1.165, 1.54) is 18.0 Å². The lowest BCUT2D eigenvalue weighted by atomic mass is 10.2. The van der Waals surface area contributed by atoms with Crippen LogP contribution in [0.15, 0.2) is 15.8 Å². The predicted molar refractivity (Wildman–Crippen MR) is 132 cm³/mol. The van der Waals surface area contributed by atoms with E-state index in [2.05, 4.69) is 57.0 Å². The van der Waals surface area contributed by atoms with Crippen LogP contribution in [0.3, 0.4) is 0 Å². The second kappa shape index (κ2) is 11.9. The van der Waals surface area contributed by atoms with Crippen LogP contribution in [0.1, 0.15) is 55.9 Å². The van der Waals surface area contributed by atoms with Crippen molar-refractivity contribution in [3.05, 3.63) is 27.2 Å². The summed E-state index contributed by atoms with van der Waals surface area (Å²) in [4.78, 5) is 16.5. The van der Waals surface area contributed by atoms with Gasteiger partial charge in [-0.25, -0.2) is 15.0 Å². The van der Waals surface area contributed by atoms with Gasteiger partial charge in [0, 0.05) is 43.4 Å². The monoisotopic (exact) mass is 534 g/mol. The molecule has 1 saturated heterocycles. The van der Waals surface area contributed by atoms with Gasteiger partial charge in [-0.15, -0.1) is 46.7 Å². The molecular weight excluding hydrogens is 503 g/mol. The summed E-state index contributed by atoms with van der Waals surface area (Å²) >= 11 is 3.45. The van der Waals surface area contributed by atoms with E-state index in [4.69, 9.17) is 4.98 Å². The van der Waals surface area contributed by atoms with Crippen molar-refractivity contribution in [2.24, 2.45) is 4.99 Å². The maximum absolute atomic E-state index is 4.78. The van der Waals surface area contributed by atoms with Gasteiger partial charge in [0.25, 0.3) is 0 Å². The topological polar surface area (TPSA) is 65.4 Å². The second-order valence-corrected chi connectivity index (χ2v) is 8.79. The molecule has 1 aliphatic heterocycles. The summed E-state index contributed by atoms with van der Waals surface area (Å²) in [6.45, 7) is 11.0. The number of anilines is 1. The molecule has 0 radical (unpaired) electrons. The average molecular weight is 535 g/mol. The van der Waals surface area contributed by atoms with E-state index < -0.39 is 0 Å². The molecule has 1 fully saturated rings. The minimum atomic E-state index is 0. The van der Waals surface area contributed by atoms with Crippen molar-refractivity contribution in [1.29, 1.82) is 0 Å². The summed E-state index contributed by atoms with van der Waals surface area (Å²) in [5, 5.41) is 13.3. The van der Waals surface area contributed by atoms with Gasteiger partial charge in [0.2, 0.25) is 0 Å². The lowest BCUT2D eigenvalue weighted by molar-refractivity contribution is 0.785. The molecule has 0 aromatic carbocycles. The predicted octanol–water partition coefficient (Wildman–Crippen LogP) is 4.24. The van der Waals surface area contributed by atoms with Crippen molar-refractivity contribution >= 4 is 57.7 Å². The molecule has 9 heteroatoms. The number of hydrogen-bond acceptors (Lipinski definition) is 6. The Bertz CT molecular complexity index is 736. The molecule has 2 aromatic heterocycles. The number of aromatic nitrogens is 2. The van der Waals surface area contributed by atoms with Gasteiger partial charge in [-0.3, -0.25) is 0 Å². The van der Waals surface area contributed by atoms with Crippen LogP contribution >= 0.6 is 46.7 Å². The number of hydrogen-bond donors (Lipinski definition) is 2. The summed E-state index contributed by atoms with van der Waals surface area (Å²) in [7, 11) is 0. The highest BCUT2D eigenvalue weighted by Crippen LogP contribution is 2.24. The molecule has 6 nitrogen and oxygen atoms in total. The SMILES string of the molecule is CCNC(=NCc1nc(C(C)C)cs1)NCCc1csc(N2CCCC2)n1.I. The Morgan fingerprint density at radius 1 is 1.18 bits per heavy atom. The first-order chi connectivity index (χ1) is 13.2. The van der Waals surface area contributed by atoms with Crippen molar-refractivity contribution < 1.29 is 0 Å². The molecular formula is C19H31IN6S2. The van der Waals surface area contributed by atoms with Gasteiger partial charge in [0.15, 0.2) is 11.1 Å². The first-order valence-electron chi connectivity index (χ1n) is 9.81. The van der Waals surface area contributed by atoms with Crippen molar-refractivity contribution in [1.82, 2.24) is 20.6 Å². The van der Waals surface area contributed by atoms with E-state index >= 15 is 0 Å². The number of guanidine groups is 1. The zero-order chi connectivity index (χ0) is 19.1. The molecule has 0 unspecified atom stereocenters. The highest BCUT2D eigenvalue weighted by Gasteiger charge is 2.15. The van der Waals surface area contributed by atoms with Gasteiger partial charge in [-0.2, -0.15) is 0 Å². The molecule has 0 saturated carbocycles. The van der Waals surface area contributed by atoms with Crippen LogP contribution in [0.25, 0.3) is 0 Å². The fourth-order valence-electron chi connectivity index (χ4n) is 2.93. The molecule has 0 spiro atoms. The molecule has 3 heterocycles. The fourth-order valence-corrected chi connectivity index (χ4v) is 4.72. The molecule has 1 aliphatic rings. The lowest BCUT2D eigenvalue weighted by Gasteiger charge is -2.12.